The highest BCUT2D eigenvalue weighted by Gasteiger charge is 2.32. The van der Waals surface area contributed by atoms with E-state index in [-0.39, 0.29) is 5.91 Å². The van der Waals surface area contributed by atoms with E-state index in [0.717, 1.165) is 52.6 Å². The van der Waals surface area contributed by atoms with Crippen LogP contribution in [0.4, 0.5) is 27.5 Å². The largest absolute Gasteiger partial charge is 0.369 e. The number of anilines is 4. The van der Waals surface area contributed by atoms with Crippen molar-refractivity contribution < 1.29 is 9.18 Å². The molecule has 0 unspecified atom stereocenters. The zero-order chi connectivity index (χ0) is 27.4. The molecule has 0 radical (unpaired) electrons. The Morgan fingerprint density at radius 1 is 1.05 bits per heavy atom. The van der Waals surface area contributed by atoms with Crippen LogP contribution in [0.1, 0.15) is 31.4 Å². The number of benzene rings is 3. The number of fused-ring (bicyclic) bond motifs is 4. The van der Waals surface area contributed by atoms with Crippen LogP contribution < -0.4 is 20.7 Å². The van der Waals surface area contributed by atoms with Crippen molar-refractivity contribution in [3.8, 4) is 11.1 Å². The number of aromatic nitrogens is 2. The number of rotatable bonds is 4. The van der Waals surface area contributed by atoms with Crippen molar-refractivity contribution in [1.29, 1.82) is 0 Å². The van der Waals surface area contributed by atoms with E-state index in [2.05, 4.69) is 37.8 Å². The van der Waals surface area contributed by atoms with Crippen LogP contribution in [0.25, 0.3) is 11.1 Å². The van der Waals surface area contributed by atoms with Crippen molar-refractivity contribution in [2.24, 2.45) is 0 Å². The minimum atomic E-state index is -1.04. The molecule has 3 aromatic carbocycles. The van der Waals surface area contributed by atoms with Gasteiger partial charge in [0.05, 0.1) is 5.41 Å². The van der Waals surface area contributed by atoms with Gasteiger partial charge >= 0.3 is 0 Å². The van der Waals surface area contributed by atoms with Crippen molar-refractivity contribution in [2.75, 3.05) is 29.0 Å². The van der Waals surface area contributed by atoms with E-state index >= 15 is 0 Å². The van der Waals surface area contributed by atoms with Gasteiger partial charge < -0.3 is 16.0 Å². The number of halogens is 1. The average molecular weight is 543 g/mol. The Hall–Kier alpha value is -3.95. The molecule has 4 N–H and O–H groups in total. The van der Waals surface area contributed by atoms with Crippen LogP contribution in [-0.2, 0) is 10.2 Å². The van der Waals surface area contributed by atoms with Crippen LogP contribution in [-0.4, -0.2) is 29.0 Å². The summed E-state index contributed by atoms with van der Waals surface area (Å²) in [7, 11) is 0. The number of nitrogens with one attached hydrogen (secondary N) is 4. The van der Waals surface area contributed by atoms with Crippen LogP contribution in [0, 0.1) is 12.7 Å². The highest BCUT2D eigenvalue weighted by molar-refractivity contribution is 7.97. The maximum absolute atomic E-state index is 14.5. The molecule has 0 atom stereocenters. The zero-order valence-corrected chi connectivity index (χ0v) is 23.0. The third-order valence-electron chi connectivity index (χ3n) is 6.63. The molecule has 7 nitrogen and oxygen atoms in total. The minimum Gasteiger partial charge on any atom is -0.369 e. The quantitative estimate of drug-likeness (QED) is 0.214. The number of hydrogen-bond acceptors (Lipinski definition) is 7. The first-order chi connectivity index (χ1) is 18.8. The average Bonchev–Trinajstić information content (AvgIpc) is 2.93. The van der Waals surface area contributed by atoms with Crippen LogP contribution in [0.5, 0.6) is 0 Å². The van der Waals surface area contributed by atoms with E-state index in [0.29, 0.717) is 17.2 Å². The Labute approximate surface area is 232 Å². The summed E-state index contributed by atoms with van der Waals surface area (Å²) >= 11 is 1.60. The van der Waals surface area contributed by atoms with Gasteiger partial charge in [0.15, 0.2) is 0 Å². The number of carbonyl (C=O) groups is 1. The maximum Gasteiger partial charge on any atom is 0.234 e. The molecule has 1 aromatic heterocycles. The van der Waals surface area contributed by atoms with Gasteiger partial charge in [-0.15, -0.1) is 0 Å². The fraction of sp³-hybridized carbons (Fsp3) is 0.233. The van der Waals surface area contributed by atoms with Crippen LogP contribution in [0.3, 0.4) is 0 Å². The van der Waals surface area contributed by atoms with E-state index in [1.807, 2.05) is 43.3 Å². The summed E-state index contributed by atoms with van der Waals surface area (Å²) in [5.41, 5.74) is 3.53. The van der Waals surface area contributed by atoms with E-state index in [4.69, 9.17) is 4.98 Å². The van der Waals surface area contributed by atoms with Gasteiger partial charge in [0, 0.05) is 46.7 Å². The van der Waals surface area contributed by atoms with E-state index in [1.165, 1.54) is 6.07 Å². The zero-order valence-electron chi connectivity index (χ0n) is 22.1. The summed E-state index contributed by atoms with van der Waals surface area (Å²) in [4.78, 5) is 23.6. The second-order valence-electron chi connectivity index (χ2n) is 10.0. The van der Waals surface area contributed by atoms with Crippen LogP contribution in [0.15, 0.2) is 77.8 Å². The molecule has 4 bridgehead atoms. The lowest BCUT2D eigenvalue weighted by molar-refractivity contribution is -0.120. The molecule has 0 aliphatic carbocycles. The Balaban J connectivity index is 1.36. The summed E-state index contributed by atoms with van der Waals surface area (Å²) < 4.78 is 17.9. The first kappa shape index (κ1) is 26.6. The van der Waals surface area contributed by atoms with Gasteiger partial charge in [-0.3, -0.25) is 9.52 Å². The van der Waals surface area contributed by atoms with E-state index in [1.54, 1.807) is 44.1 Å². The molecule has 1 amide bonds. The summed E-state index contributed by atoms with van der Waals surface area (Å²) in [6.45, 7) is 6.93. The summed E-state index contributed by atoms with van der Waals surface area (Å²) in [6, 6.07) is 20.4. The number of nitrogens with zero attached hydrogens (tertiary/aromatic N) is 2. The molecule has 0 fully saturated rings. The number of amides is 1. The van der Waals surface area contributed by atoms with Crippen molar-refractivity contribution >= 4 is 41.0 Å². The first-order valence-corrected chi connectivity index (χ1v) is 13.7. The van der Waals surface area contributed by atoms with Crippen molar-refractivity contribution in [3.05, 3.63) is 89.9 Å². The number of hydrogen-bond donors (Lipinski definition) is 4. The molecule has 0 spiro atoms. The molecule has 0 saturated heterocycles. The fourth-order valence-corrected chi connectivity index (χ4v) is 5.06. The molecule has 1 aliphatic heterocycles. The normalized spacial score (nSPS) is 13.6. The predicted octanol–water partition coefficient (Wildman–Crippen LogP) is 6.66. The molecular formula is C30H31FN6OS. The Morgan fingerprint density at radius 3 is 2.69 bits per heavy atom. The van der Waals surface area contributed by atoms with E-state index in [9.17, 15) is 9.18 Å². The summed E-state index contributed by atoms with van der Waals surface area (Å²) in [5, 5.41) is 9.67. The molecular weight excluding hydrogens is 511 g/mol. The predicted molar refractivity (Wildman–Crippen MR) is 157 cm³/mol. The molecule has 39 heavy (non-hydrogen) atoms. The highest BCUT2D eigenvalue weighted by atomic mass is 32.2. The highest BCUT2D eigenvalue weighted by Crippen LogP contribution is 2.31. The number of aryl methyl sites for hydroxylation is 1. The monoisotopic (exact) mass is 542 g/mol. The Kier molecular flexibility index (Phi) is 7.81. The fourth-order valence-electron chi connectivity index (χ4n) is 4.32. The topological polar surface area (TPSA) is 91.0 Å². The van der Waals surface area contributed by atoms with Crippen molar-refractivity contribution in [2.45, 2.75) is 37.5 Å². The van der Waals surface area contributed by atoms with Gasteiger partial charge in [0.25, 0.3) is 0 Å². The van der Waals surface area contributed by atoms with Crippen LogP contribution in [0.2, 0.25) is 0 Å². The summed E-state index contributed by atoms with van der Waals surface area (Å²) in [5.74, 6) is 0.556. The molecule has 4 aromatic rings. The molecule has 200 valence electrons. The SMILES string of the molecule is Cc1ccc(F)c(C(C)(C)C(=O)Nc2ccc(-c3cnc4nc3NCCCNSc3cccc(c3)N4)cc2)c1. The maximum atomic E-state index is 14.5. The van der Waals surface area contributed by atoms with Gasteiger partial charge in [-0.1, -0.05) is 35.9 Å². The van der Waals surface area contributed by atoms with Crippen molar-refractivity contribution in [1.82, 2.24) is 14.7 Å². The first-order valence-electron chi connectivity index (χ1n) is 12.9. The number of carbonyl (C=O) groups excluding carboxylic acids is 1. The smallest absolute Gasteiger partial charge is 0.234 e. The molecule has 2 heterocycles. The van der Waals surface area contributed by atoms with Crippen LogP contribution >= 0.6 is 11.9 Å². The molecule has 1 aliphatic rings. The molecule has 9 heteroatoms. The van der Waals surface area contributed by atoms with Gasteiger partial charge in [-0.2, -0.15) is 4.98 Å². The molecule has 0 saturated carbocycles. The lowest BCUT2D eigenvalue weighted by Crippen LogP contribution is -2.35. The Morgan fingerprint density at radius 2 is 1.87 bits per heavy atom. The van der Waals surface area contributed by atoms with E-state index < -0.39 is 11.2 Å². The lowest BCUT2D eigenvalue weighted by Gasteiger charge is -2.25. The van der Waals surface area contributed by atoms with Gasteiger partial charge in [0.1, 0.15) is 11.6 Å². The summed E-state index contributed by atoms with van der Waals surface area (Å²) in [6.07, 6.45) is 2.71. The second-order valence-corrected chi connectivity index (χ2v) is 11.0. The lowest BCUT2D eigenvalue weighted by atomic mass is 9.82. The van der Waals surface area contributed by atoms with Gasteiger partial charge in [-0.25, -0.2) is 9.37 Å². The van der Waals surface area contributed by atoms with Crippen molar-refractivity contribution in [3.63, 3.8) is 0 Å². The van der Waals surface area contributed by atoms with Gasteiger partial charge in [-0.05, 0) is 81.1 Å². The third kappa shape index (κ3) is 6.21. The standard InChI is InChI=1S/C30H31FN6OS/c1-19-8-13-26(31)25(16-19)30(2,3)28(38)35-21-11-9-20(10-12-21)24-18-33-29-36-22-6-4-7-23(17-22)39-34-15-5-14-32-27(24)37-29/h4,6-13,16-18,34H,5,14-15H2,1-3H3,(H,35,38)(H2,32,33,36,37). The Bertz CT molecular complexity index is 1490. The second kappa shape index (κ2) is 11.4. The van der Waals surface area contributed by atoms with Gasteiger partial charge in [0.2, 0.25) is 11.9 Å². The minimum absolute atomic E-state index is 0.283. The molecule has 5 rings (SSSR count). The third-order valence-corrected chi connectivity index (χ3v) is 7.47.